The highest BCUT2D eigenvalue weighted by molar-refractivity contribution is 6.36. The Labute approximate surface area is 179 Å². The Bertz CT molecular complexity index is 899. The van der Waals surface area contributed by atoms with Crippen LogP contribution in [0.2, 0.25) is 10.0 Å². The van der Waals surface area contributed by atoms with Crippen LogP contribution in [0.4, 0.5) is 0 Å². The molecule has 1 N–H and O–H groups in total. The lowest BCUT2D eigenvalue weighted by molar-refractivity contribution is -0.140. The van der Waals surface area contributed by atoms with Gasteiger partial charge in [-0.05, 0) is 43.2 Å². The van der Waals surface area contributed by atoms with Crippen molar-refractivity contribution in [3.05, 3.63) is 57.6 Å². The first kappa shape index (κ1) is 21.3. The molecule has 0 aliphatic carbocycles. The van der Waals surface area contributed by atoms with Crippen molar-refractivity contribution in [2.75, 3.05) is 13.8 Å². The number of carbonyl (C=O) groups excluding carboxylic acids is 2. The molecule has 2 aromatic rings. The maximum absolute atomic E-state index is 13.0. The van der Waals surface area contributed by atoms with Gasteiger partial charge in [0.05, 0.1) is 0 Å². The lowest BCUT2D eigenvalue weighted by atomic mass is 10.1. The van der Waals surface area contributed by atoms with Gasteiger partial charge < -0.3 is 19.7 Å². The highest BCUT2D eigenvalue weighted by Crippen LogP contribution is 2.33. The maximum Gasteiger partial charge on any atom is 0.242 e. The van der Waals surface area contributed by atoms with Gasteiger partial charge in [-0.15, -0.1) is 0 Å². The van der Waals surface area contributed by atoms with Gasteiger partial charge in [-0.2, -0.15) is 0 Å². The van der Waals surface area contributed by atoms with Gasteiger partial charge in [0.25, 0.3) is 0 Å². The van der Waals surface area contributed by atoms with Crippen LogP contribution in [0, 0.1) is 0 Å². The van der Waals surface area contributed by atoms with E-state index >= 15 is 0 Å². The molecule has 0 bridgehead atoms. The van der Waals surface area contributed by atoms with E-state index in [1.165, 1.54) is 11.9 Å². The molecular formula is C21H22Cl2N2O4. The molecule has 1 aliphatic rings. The first-order chi connectivity index (χ1) is 13.9. The second-order valence-electron chi connectivity index (χ2n) is 6.70. The number of ether oxygens (including phenoxy) is 2. The van der Waals surface area contributed by atoms with E-state index in [0.29, 0.717) is 33.5 Å². The van der Waals surface area contributed by atoms with Gasteiger partial charge >= 0.3 is 0 Å². The van der Waals surface area contributed by atoms with Crippen molar-refractivity contribution in [3.8, 4) is 11.5 Å². The molecule has 0 fully saturated rings. The fourth-order valence-corrected chi connectivity index (χ4v) is 3.65. The second-order valence-corrected chi connectivity index (χ2v) is 7.51. The fraction of sp³-hybridized carbons (Fsp3) is 0.333. The van der Waals surface area contributed by atoms with Gasteiger partial charge in [-0.3, -0.25) is 9.59 Å². The predicted octanol–water partition coefficient (Wildman–Crippen LogP) is 3.82. The highest BCUT2D eigenvalue weighted by Gasteiger charge is 2.26. The van der Waals surface area contributed by atoms with E-state index in [-0.39, 0.29) is 31.6 Å². The number of halogens is 2. The average molecular weight is 437 g/mol. The minimum absolute atomic E-state index is 0.146. The third-order valence-corrected chi connectivity index (χ3v) is 5.58. The van der Waals surface area contributed by atoms with Crippen molar-refractivity contribution in [1.82, 2.24) is 10.2 Å². The van der Waals surface area contributed by atoms with Gasteiger partial charge in [-0.1, -0.05) is 35.3 Å². The molecule has 2 aromatic carbocycles. The first-order valence-electron chi connectivity index (χ1n) is 9.23. The van der Waals surface area contributed by atoms with Gasteiger partial charge in [0.1, 0.15) is 6.04 Å². The maximum atomic E-state index is 13.0. The van der Waals surface area contributed by atoms with Crippen molar-refractivity contribution < 1.29 is 19.1 Å². The lowest BCUT2D eigenvalue weighted by Crippen LogP contribution is -2.46. The molecule has 1 heterocycles. The summed E-state index contributed by atoms with van der Waals surface area (Å²) in [5.41, 5.74) is 1.56. The van der Waals surface area contributed by atoms with Crippen LogP contribution in [0.15, 0.2) is 36.4 Å². The molecule has 0 radical (unpaired) electrons. The van der Waals surface area contributed by atoms with Gasteiger partial charge in [0, 0.05) is 35.6 Å². The SMILES string of the molecule is CNC(=O)[C@@H](C)N(Cc1c(Cl)cccc1Cl)C(=O)CCc1ccc2c(c1)OCO2. The molecule has 29 heavy (non-hydrogen) atoms. The number of hydrogen-bond acceptors (Lipinski definition) is 4. The molecule has 154 valence electrons. The molecular weight excluding hydrogens is 415 g/mol. The third kappa shape index (κ3) is 4.95. The van der Waals surface area contributed by atoms with Gasteiger partial charge in [0.2, 0.25) is 18.6 Å². The summed E-state index contributed by atoms with van der Waals surface area (Å²) in [4.78, 5) is 26.8. The normalized spacial score (nSPS) is 13.1. The Morgan fingerprint density at radius 2 is 1.83 bits per heavy atom. The summed E-state index contributed by atoms with van der Waals surface area (Å²) in [5, 5.41) is 3.50. The van der Waals surface area contributed by atoms with E-state index in [4.69, 9.17) is 32.7 Å². The molecule has 8 heteroatoms. The Hall–Kier alpha value is -2.44. The Morgan fingerprint density at radius 3 is 2.52 bits per heavy atom. The number of fused-ring (bicyclic) bond motifs is 1. The lowest BCUT2D eigenvalue weighted by Gasteiger charge is -2.29. The van der Waals surface area contributed by atoms with Gasteiger partial charge in [0.15, 0.2) is 11.5 Å². The number of nitrogens with zero attached hydrogens (tertiary/aromatic N) is 1. The summed E-state index contributed by atoms with van der Waals surface area (Å²) in [6.45, 7) is 2.03. The topological polar surface area (TPSA) is 67.9 Å². The monoisotopic (exact) mass is 436 g/mol. The number of likely N-dealkylation sites (N-methyl/N-ethyl adjacent to an activating group) is 1. The van der Waals surface area contributed by atoms with Crippen LogP contribution in [-0.2, 0) is 22.6 Å². The summed E-state index contributed by atoms with van der Waals surface area (Å²) in [5.74, 6) is 0.941. The van der Waals surface area contributed by atoms with E-state index in [1.54, 1.807) is 25.1 Å². The molecule has 0 saturated carbocycles. The van der Waals surface area contributed by atoms with E-state index in [0.717, 1.165) is 5.56 Å². The fourth-order valence-electron chi connectivity index (χ4n) is 3.14. The standard InChI is InChI=1S/C21H22Cl2N2O4/c1-13(21(27)24-2)25(11-15-16(22)4-3-5-17(15)23)20(26)9-7-14-6-8-18-19(10-14)29-12-28-18/h3-6,8,10,13H,7,9,11-12H2,1-2H3,(H,24,27)/t13-/m1/s1. The van der Waals surface area contributed by atoms with Crippen molar-refractivity contribution >= 4 is 35.0 Å². The second kappa shape index (κ2) is 9.37. The number of aryl methyl sites for hydroxylation is 1. The number of nitrogens with one attached hydrogen (secondary N) is 1. The van der Waals surface area contributed by atoms with Crippen LogP contribution in [0.5, 0.6) is 11.5 Å². The number of benzene rings is 2. The van der Waals surface area contributed by atoms with Crippen LogP contribution < -0.4 is 14.8 Å². The van der Waals surface area contributed by atoms with E-state index in [9.17, 15) is 9.59 Å². The summed E-state index contributed by atoms with van der Waals surface area (Å²) in [6, 6.07) is 10.1. The summed E-state index contributed by atoms with van der Waals surface area (Å²) in [7, 11) is 1.54. The molecule has 1 atom stereocenters. The quantitative estimate of drug-likeness (QED) is 0.716. The minimum atomic E-state index is -0.670. The smallest absolute Gasteiger partial charge is 0.242 e. The zero-order valence-electron chi connectivity index (χ0n) is 16.2. The number of hydrogen-bond donors (Lipinski definition) is 1. The number of rotatable bonds is 7. The highest BCUT2D eigenvalue weighted by atomic mass is 35.5. The summed E-state index contributed by atoms with van der Waals surface area (Å²) in [6.07, 6.45) is 0.728. The number of amides is 2. The Kier molecular flexibility index (Phi) is 6.87. The van der Waals surface area contributed by atoms with Gasteiger partial charge in [-0.25, -0.2) is 0 Å². The van der Waals surface area contributed by atoms with Crippen LogP contribution >= 0.6 is 23.2 Å². The van der Waals surface area contributed by atoms with Crippen molar-refractivity contribution in [3.63, 3.8) is 0 Å². The molecule has 1 aliphatic heterocycles. The zero-order valence-corrected chi connectivity index (χ0v) is 17.7. The molecule has 0 saturated heterocycles. The summed E-state index contributed by atoms with van der Waals surface area (Å²) < 4.78 is 10.7. The minimum Gasteiger partial charge on any atom is -0.454 e. The molecule has 6 nitrogen and oxygen atoms in total. The molecule has 2 amide bonds. The number of carbonyl (C=O) groups is 2. The zero-order chi connectivity index (χ0) is 21.0. The van der Waals surface area contributed by atoms with Crippen molar-refractivity contribution in [2.45, 2.75) is 32.4 Å². The molecule has 0 aromatic heterocycles. The largest absolute Gasteiger partial charge is 0.454 e. The van der Waals surface area contributed by atoms with E-state index in [2.05, 4.69) is 5.32 Å². The Morgan fingerprint density at radius 1 is 1.14 bits per heavy atom. The predicted molar refractivity (Wildman–Crippen MR) is 111 cm³/mol. The van der Waals surface area contributed by atoms with Crippen LogP contribution in [-0.4, -0.2) is 36.6 Å². The van der Waals surface area contributed by atoms with E-state index < -0.39 is 6.04 Å². The van der Waals surface area contributed by atoms with E-state index in [1.807, 2.05) is 18.2 Å². The van der Waals surface area contributed by atoms with Crippen LogP contribution in [0.25, 0.3) is 0 Å². The van der Waals surface area contributed by atoms with Crippen molar-refractivity contribution in [2.24, 2.45) is 0 Å². The van der Waals surface area contributed by atoms with Crippen molar-refractivity contribution in [1.29, 1.82) is 0 Å². The Balaban J connectivity index is 1.76. The molecule has 0 unspecified atom stereocenters. The molecule has 3 rings (SSSR count). The van der Waals surface area contributed by atoms with Crippen LogP contribution in [0.1, 0.15) is 24.5 Å². The summed E-state index contributed by atoms with van der Waals surface area (Å²) >= 11 is 12.5. The molecule has 0 spiro atoms. The first-order valence-corrected chi connectivity index (χ1v) is 9.98. The van der Waals surface area contributed by atoms with Crippen LogP contribution in [0.3, 0.4) is 0 Å². The third-order valence-electron chi connectivity index (χ3n) is 4.87. The average Bonchev–Trinajstić information content (AvgIpc) is 3.18.